The van der Waals surface area contributed by atoms with E-state index >= 15 is 0 Å². The Balaban J connectivity index is 1.85. The minimum absolute atomic E-state index is 0.0137. The van der Waals surface area contributed by atoms with Crippen LogP contribution in [0.5, 0.6) is 5.75 Å². The second kappa shape index (κ2) is 9.85. The fourth-order valence-corrected chi connectivity index (χ4v) is 3.70. The van der Waals surface area contributed by atoms with Crippen molar-refractivity contribution in [1.82, 2.24) is 10.6 Å². The number of carbonyl (C=O) groups is 2. The number of amides is 2. The predicted octanol–water partition coefficient (Wildman–Crippen LogP) is 4.63. The molecular formula is C23H25F3N2O3. The van der Waals surface area contributed by atoms with Crippen molar-refractivity contribution in [3.63, 3.8) is 0 Å². The number of rotatable bonds is 6. The molecular weight excluding hydrogens is 409 g/mol. The van der Waals surface area contributed by atoms with E-state index in [1.54, 1.807) is 24.3 Å². The molecule has 2 amide bonds. The van der Waals surface area contributed by atoms with Crippen molar-refractivity contribution in [2.24, 2.45) is 0 Å². The van der Waals surface area contributed by atoms with Crippen molar-refractivity contribution in [1.29, 1.82) is 0 Å². The molecule has 2 aromatic carbocycles. The Hall–Kier alpha value is -3.03. The summed E-state index contributed by atoms with van der Waals surface area (Å²) < 4.78 is 44.3. The van der Waals surface area contributed by atoms with E-state index in [0.717, 1.165) is 44.2 Å². The normalized spacial score (nSPS) is 15.7. The zero-order valence-electron chi connectivity index (χ0n) is 17.2. The average molecular weight is 434 g/mol. The smallest absolute Gasteiger partial charge is 0.416 e. The van der Waals surface area contributed by atoms with E-state index in [-0.39, 0.29) is 11.6 Å². The maximum atomic E-state index is 13.1. The molecule has 1 unspecified atom stereocenters. The highest BCUT2D eigenvalue weighted by Gasteiger charge is 2.32. The summed E-state index contributed by atoms with van der Waals surface area (Å²) in [5.74, 6) is -0.667. The maximum absolute atomic E-state index is 13.1. The molecule has 0 radical (unpaired) electrons. The van der Waals surface area contributed by atoms with Crippen LogP contribution in [0.25, 0.3) is 0 Å². The van der Waals surface area contributed by atoms with Crippen molar-refractivity contribution in [3.8, 4) is 5.75 Å². The van der Waals surface area contributed by atoms with E-state index in [1.165, 1.54) is 19.2 Å². The third-order valence-electron chi connectivity index (χ3n) is 5.37. The van der Waals surface area contributed by atoms with Crippen LogP contribution in [0.3, 0.4) is 0 Å². The Morgan fingerprint density at radius 3 is 2.42 bits per heavy atom. The molecule has 3 rings (SSSR count). The molecule has 0 spiro atoms. The Labute approximate surface area is 179 Å². The van der Waals surface area contributed by atoms with Crippen LogP contribution >= 0.6 is 0 Å². The topological polar surface area (TPSA) is 67.4 Å². The number of methoxy groups -OCH3 is 1. The van der Waals surface area contributed by atoms with Crippen molar-refractivity contribution in [2.45, 2.75) is 50.4 Å². The van der Waals surface area contributed by atoms with E-state index in [4.69, 9.17) is 4.74 Å². The minimum Gasteiger partial charge on any atom is -0.497 e. The van der Waals surface area contributed by atoms with Gasteiger partial charge in [-0.2, -0.15) is 13.2 Å². The maximum Gasteiger partial charge on any atom is 0.416 e. The van der Waals surface area contributed by atoms with E-state index < -0.39 is 29.6 Å². The highest BCUT2D eigenvalue weighted by molar-refractivity contribution is 5.98. The molecule has 2 N–H and O–H groups in total. The van der Waals surface area contributed by atoms with Gasteiger partial charge < -0.3 is 15.4 Å². The largest absolute Gasteiger partial charge is 0.497 e. The van der Waals surface area contributed by atoms with Gasteiger partial charge in [-0.15, -0.1) is 0 Å². The van der Waals surface area contributed by atoms with Gasteiger partial charge in [-0.3, -0.25) is 9.59 Å². The van der Waals surface area contributed by atoms with E-state index in [9.17, 15) is 22.8 Å². The van der Waals surface area contributed by atoms with Gasteiger partial charge in [-0.25, -0.2) is 0 Å². The molecule has 0 saturated heterocycles. The number of benzene rings is 2. The van der Waals surface area contributed by atoms with Gasteiger partial charge in [0.25, 0.3) is 5.91 Å². The van der Waals surface area contributed by atoms with Crippen molar-refractivity contribution in [3.05, 3.63) is 65.2 Å². The summed E-state index contributed by atoms with van der Waals surface area (Å²) in [6.07, 6.45) is 0.311. The lowest BCUT2D eigenvalue weighted by atomic mass is 9.95. The van der Waals surface area contributed by atoms with Crippen LogP contribution in [0.2, 0.25) is 0 Å². The summed E-state index contributed by atoms with van der Waals surface area (Å²) in [6.45, 7) is 0. The molecule has 1 fully saturated rings. The van der Waals surface area contributed by atoms with E-state index in [0.29, 0.717) is 11.3 Å². The second-order valence-corrected chi connectivity index (χ2v) is 7.61. The summed E-state index contributed by atoms with van der Waals surface area (Å²) >= 11 is 0. The van der Waals surface area contributed by atoms with Crippen molar-refractivity contribution >= 4 is 11.8 Å². The summed E-state index contributed by atoms with van der Waals surface area (Å²) in [5.41, 5.74) is -0.620. The number of hydrogen-bond donors (Lipinski definition) is 2. The fourth-order valence-electron chi connectivity index (χ4n) is 3.70. The highest BCUT2D eigenvalue weighted by Crippen LogP contribution is 2.30. The van der Waals surface area contributed by atoms with E-state index in [1.807, 2.05) is 0 Å². The predicted molar refractivity (Wildman–Crippen MR) is 110 cm³/mol. The molecule has 1 aliphatic carbocycles. The minimum atomic E-state index is -4.57. The third kappa shape index (κ3) is 5.99. The van der Waals surface area contributed by atoms with Crippen LogP contribution in [0.4, 0.5) is 13.2 Å². The number of halogens is 3. The van der Waals surface area contributed by atoms with Gasteiger partial charge >= 0.3 is 6.18 Å². The molecule has 1 aliphatic rings. The first kappa shape index (κ1) is 22.7. The van der Waals surface area contributed by atoms with Gasteiger partial charge in [0.05, 0.1) is 12.7 Å². The quantitative estimate of drug-likeness (QED) is 0.697. The van der Waals surface area contributed by atoms with Gasteiger partial charge in [0.2, 0.25) is 5.91 Å². The van der Waals surface area contributed by atoms with Crippen LogP contribution in [0.15, 0.2) is 48.5 Å². The Morgan fingerprint density at radius 2 is 1.74 bits per heavy atom. The van der Waals surface area contributed by atoms with Gasteiger partial charge in [0.1, 0.15) is 11.8 Å². The molecule has 0 aromatic heterocycles. The summed E-state index contributed by atoms with van der Waals surface area (Å²) in [4.78, 5) is 25.8. The first-order chi connectivity index (χ1) is 14.8. The summed E-state index contributed by atoms with van der Waals surface area (Å²) in [5, 5.41) is 5.57. The Morgan fingerprint density at radius 1 is 1.03 bits per heavy atom. The standard InChI is InChI=1S/C23H25F3N2O3/c1-31-19-12-6-7-15(14-19)20(22(30)27-18-10-3-2-4-11-18)28-21(29)16-8-5-9-17(13-16)23(24,25)26/h5-9,12-14,18,20H,2-4,10-11H2,1H3,(H,27,30)(H,28,29). The summed E-state index contributed by atoms with van der Waals surface area (Å²) in [7, 11) is 1.48. The molecule has 5 nitrogen and oxygen atoms in total. The summed E-state index contributed by atoms with van der Waals surface area (Å²) in [6, 6.07) is 9.74. The molecule has 0 bridgehead atoms. The molecule has 31 heavy (non-hydrogen) atoms. The molecule has 0 heterocycles. The Bertz CT molecular complexity index is 924. The second-order valence-electron chi connectivity index (χ2n) is 7.61. The molecule has 2 aromatic rings. The number of hydrogen-bond acceptors (Lipinski definition) is 3. The number of ether oxygens (including phenoxy) is 1. The monoisotopic (exact) mass is 434 g/mol. The van der Waals surface area contributed by atoms with Crippen LogP contribution in [0, 0.1) is 0 Å². The zero-order chi connectivity index (χ0) is 22.4. The molecule has 0 aliphatic heterocycles. The van der Waals surface area contributed by atoms with Gasteiger partial charge in [0.15, 0.2) is 0 Å². The van der Waals surface area contributed by atoms with Crippen LogP contribution in [0.1, 0.15) is 59.6 Å². The SMILES string of the molecule is COc1cccc(C(NC(=O)c2cccc(C(F)(F)F)c2)C(=O)NC2CCCCC2)c1. The highest BCUT2D eigenvalue weighted by atomic mass is 19.4. The van der Waals surface area contributed by atoms with Gasteiger partial charge in [-0.1, -0.05) is 37.5 Å². The third-order valence-corrected chi connectivity index (χ3v) is 5.37. The Kier molecular flexibility index (Phi) is 7.20. The lowest BCUT2D eigenvalue weighted by molar-refractivity contribution is -0.137. The number of alkyl halides is 3. The fraction of sp³-hybridized carbons (Fsp3) is 0.391. The average Bonchev–Trinajstić information content (AvgIpc) is 2.77. The van der Waals surface area contributed by atoms with Crippen LogP contribution < -0.4 is 15.4 Å². The number of nitrogens with one attached hydrogen (secondary N) is 2. The zero-order valence-corrected chi connectivity index (χ0v) is 17.2. The molecule has 166 valence electrons. The lowest BCUT2D eigenvalue weighted by Gasteiger charge is -2.26. The van der Waals surface area contributed by atoms with Crippen molar-refractivity contribution < 1.29 is 27.5 Å². The first-order valence-electron chi connectivity index (χ1n) is 10.2. The van der Waals surface area contributed by atoms with E-state index in [2.05, 4.69) is 10.6 Å². The van der Waals surface area contributed by atoms with Gasteiger partial charge in [0, 0.05) is 11.6 Å². The van der Waals surface area contributed by atoms with Crippen LogP contribution in [-0.2, 0) is 11.0 Å². The van der Waals surface area contributed by atoms with Crippen molar-refractivity contribution in [2.75, 3.05) is 7.11 Å². The lowest BCUT2D eigenvalue weighted by Crippen LogP contribution is -2.45. The van der Waals surface area contributed by atoms with Crippen LogP contribution in [-0.4, -0.2) is 25.0 Å². The molecule has 1 atom stereocenters. The first-order valence-corrected chi connectivity index (χ1v) is 10.2. The molecule has 1 saturated carbocycles. The molecule has 8 heteroatoms. The van der Waals surface area contributed by atoms with Gasteiger partial charge in [-0.05, 0) is 48.7 Å². The number of carbonyl (C=O) groups excluding carboxylic acids is 2.